The van der Waals surface area contributed by atoms with Gasteiger partial charge >= 0.3 is 0 Å². The smallest absolute Gasteiger partial charge is 0.132 e. The first-order valence-electron chi connectivity index (χ1n) is 5.27. The molecule has 1 aromatic carbocycles. The molecule has 0 spiro atoms. The van der Waals surface area contributed by atoms with Gasteiger partial charge in [-0.1, -0.05) is 0 Å². The van der Waals surface area contributed by atoms with Crippen molar-refractivity contribution < 1.29 is 9.47 Å². The van der Waals surface area contributed by atoms with E-state index in [0.717, 1.165) is 31.6 Å². The van der Waals surface area contributed by atoms with Gasteiger partial charge in [0.1, 0.15) is 16.5 Å². The van der Waals surface area contributed by atoms with Crippen LogP contribution in [0.15, 0.2) is 22.0 Å². The van der Waals surface area contributed by atoms with Crippen LogP contribution >= 0.6 is 27.3 Å². The summed E-state index contributed by atoms with van der Waals surface area (Å²) in [5, 5.41) is 0.877. The zero-order valence-corrected chi connectivity index (χ0v) is 12.5. The fourth-order valence-corrected chi connectivity index (χ4v) is 3.11. The Balaban J connectivity index is 2.48. The van der Waals surface area contributed by atoms with Crippen LogP contribution in [-0.4, -0.2) is 19.2 Å². The van der Waals surface area contributed by atoms with E-state index in [4.69, 9.17) is 15.2 Å². The number of hydrogen-bond acceptors (Lipinski definition) is 5. The maximum Gasteiger partial charge on any atom is 0.132 e. The van der Waals surface area contributed by atoms with E-state index in [1.165, 1.54) is 11.3 Å². The van der Waals surface area contributed by atoms with Crippen molar-refractivity contribution in [3.63, 3.8) is 0 Å². The minimum Gasteiger partial charge on any atom is -0.497 e. The van der Waals surface area contributed by atoms with Crippen LogP contribution in [0.25, 0.3) is 10.6 Å². The zero-order valence-electron chi connectivity index (χ0n) is 10.1. The predicted molar refractivity (Wildman–Crippen MR) is 76.2 cm³/mol. The molecular weight excluding hydrogens is 316 g/mol. The van der Waals surface area contributed by atoms with E-state index in [-0.39, 0.29) is 0 Å². The molecule has 1 heterocycles. The molecule has 1 aromatic heterocycles. The van der Waals surface area contributed by atoms with E-state index < -0.39 is 0 Å². The molecular formula is C12H13BrN2O2S. The number of methoxy groups -OCH3 is 2. The summed E-state index contributed by atoms with van der Waals surface area (Å²) in [6.45, 7) is 0.412. The minimum absolute atomic E-state index is 0.412. The molecule has 0 fully saturated rings. The lowest BCUT2D eigenvalue weighted by molar-refractivity contribution is 0.395. The number of thiazole rings is 1. The first-order valence-corrected chi connectivity index (χ1v) is 6.88. The van der Waals surface area contributed by atoms with Crippen molar-refractivity contribution in [3.8, 4) is 22.1 Å². The molecule has 2 N–H and O–H groups in total. The number of benzene rings is 1. The number of nitrogens with two attached hydrogens (primary N) is 1. The summed E-state index contributed by atoms with van der Waals surface area (Å²) >= 11 is 5.00. The number of halogens is 1. The highest BCUT2D eigenvalue weighted by Crippen LogP contribution is 2.38. The summed E-state index contributed by atoms with van der Waals surface area (Å²) in [7, 11) is 3.26. The van der Waals surface area contributed by atoms with Gasteiger partial charge in [0.25, 0.3) is 0 Å². The molecule has 2 aromatic rings. The van der Waals surface area contributed by atoms with Gasteiger partial charge in [0.15, 0.2) is 0 Å². The van der Waals surface area contributed by atoms with E-state index in [0.29, 0.717) is 6.54 Å². The monoisotopic (exact) mass is 328 g/mol. The lowest BCUT2D eigenvalue weighted by Crippen LogP contribution is -1.97. The fourth-order valence-electron chi connectivity index (χ4n) is 1.55. The average Bonchev–Trinajstić information content (AvgIpc) is 2.79. The minimum atomic E-state index is 0.412. The van der Waals surface area contributed by atoms with Gasteiger partial charge in [-0.25, -0.2) is 4.98 Å². The summed E-state index contributed by atoms with van der Waals surface area (Å²) in [6, 6.07) is 5.66. The van der Waals surface area contributed by atoms with Crippen LogP contribution in [-0.2, 0) is 6.54 Å². The summed E-state index contributed by atoms with van der Waals surface area (Å²) in [4.78, 5) is 4.49. The number of nitrogens with zero attached hydrogens (tertiary/aromatic N) is 1. The second kappa shape index (κ2) is 5.69. The topological polar surface area (TPSA) is 57.4 Å². The second-order valence-corrected chi connectivity index (χ2v) is 5.83. The van der Waals surface area contributed by atoms with Gasteiger partial charge in [0, 0.05) is 12.6 Å². The third-order valence-corrected chi connectivity index (χ3v) is 4.34. The van der Waals surface area contributed by atoms with Crippen LogP contribution in [0.4, 0.5) is 0 Å². The van der Waals surface area contributed by atoms with Gasteiger partial charge < -0.3 is 15.2 Å². The van der Waals surface area contributed by atoms with Crippen LogP contribution in [0.2, 0.25) is 0 Å². The number of ether oxygens (including phenoxy) is 2. The molecule has 0 radical (unpaired) electrons. The van der Waals surface area contributed by atoms with E-state index in [1.54, 1.807) is 14.2 Å². The Morgan fingerprint density at radius 3 is 2.67 bits per heavy atom. The molecule has 2 rings (SSSR count). The lowest BCUT2D eigenvalue weighted by Gasteiger charge is -2.08. The molecule has 18 heavy (non-hydrogen) atoms. The van der Waals surface area contributed by atoms with Gasteiger partial charge in [0.2, 0.25) is 0 Å². The third-order valence-electron chi connectivity index (χ3n) is 2.48. The largest absolute Gasteiger partial charge is 0.497 e. The van der Waals surface area contributed by atoms with Gasteiger partial charge in [-0.15, -0.1) is 11.3 Å². The highest BCUT2D eigenvalue weighted by atomic mass is 79.9. The van der Waals surface area contributed by atoms with E-state index in [1.807, 2.05) is 18.2 Å². The normalized spacial score (nSPS) is 10.4. The Morgan fingerprint density at radius 2 is 2.11 bits per heavy atom. The maximum absolute atomic E-state index is 5.62. The Morgan fingerprint density at radius 1 is 1.33 bits per heavy atom. The molecule has 4 nitrogen and oxygen atoms in total. The SMILES string of the molecule is COc1ccc(-c2nc(CN)c(Br)s2)c(OC)c1. The Bertz CT molecular complexity index is 557. The van der Waals surface area contributed by atoms with Gasteiger partial charge in [-0.3, -0.25) is 0 Å². The van der Waals surface area contributed by atoms with Gasteiger partial charge in [0.05, 0.1) is 29.3 Å². The van der Waals surface area contributed by atoms with Crippen molar-refractivity contribution in [3.05, 3.63) is 27.7 Å². The molecule has 0 atom stereocenters. The summed E-state index contributed by atoms with van der Waals surface area (Å²) < 4.78 is 11.5. The second-order valence-electron chi connectivity index (χ2n) is 3.51. The highest BCUT2D eigenvalue weighted by Gasteiger charge is 2.14. The van der Waals surface area contributed by atoms with Crippen LogP contribution in [0.3, 0.4) is 0 Å². The molecule has 0 aliphatic heterocycles. The first kappa shape index (κ1) is 13.3. The highest BCUT2D eigenvalue weighted by molar-refractivity contribution is 9.11. The molecule has 0 unspecified atom stereocenters. The molecule has 0 bridgehead atoms. The summed E-state index contributed by atoms with van der Waals surface area (Å²) in [5.41, 5.74) is 7.41. The predicted octanol–water partition coefficient (Wildman–Crippen LogP) is 3.05. The molecule has 0 aliphatic carbocycles. The van der Waals surface area contributed by atoms with Crippen LogP contribution < -0.4 is 15.2 Å². The molecule has 0 amide bonds. The van der Waals surface area contributed by atoms with E-state index in [2.05, 4.69) is 20.9 Å². The van der Waals surface area contributed by atoms with Crippen LogP contribution in [0.5, 0.6) is 11.5 Å². The number of rotatable bonds is 4. The zero-order chi connectivity index (χ0) is 13.1. The molecule has 6 heteroatoms. The molecule has 0 saturated heterocycles. The maximum atomic E-state index is 5.62. The van der Waals surface area contributed by atoms with Crippen molar-refractivity contribution in [1.29, 1.82) is 0 Å². The quantitative estimate of drug-likeness (QED) is 0.937. The van der Waals surface area contributed by atoms with Crippen molar-refractivity contribution in [2.45, 2.75) is 6.54 Å². The van der Waals surface area contributed by atoms with Crippen LogP contribution in [0, 0.1) is 0 Å². The number of hydrogen-bond donors (Lipinski definition) is 1. The van der Waals surface area contributed by atoms with Crippen molar-refractivity contribution in [2.24, 2.45) is 5.73 Å². The standard InChI is InChI=1S/C12H13BrN2O2S/c1-16-7-3-4-8(10(5-7)17-2)12-15-9(6-14)11(13)18-12/h3-5H,6,14H2,1-2H3. The third kappa shape index (κ3) is 2.50. The van der Waals surface area contributed by atoms with Gasteiger partial charge in [-0.05, 0) is 28.1 Å². The van der Waals surface area contributed by atoms with Crippen molar-refractivity contribution in [2.75, 3.05) is 14.2 Å². The Kier molecular flexibility index (Phi) is 4.21. The summed E-state index contributed by atoms with van der Waals surface area (Å²) in [5.74, 6) is 1.49. The van der Waals surface area contributed by atoms with E-state index >= 15 is 0 Å². The molecule has 0 aliphatic rings. The molecule has 96 valence electrons. The number of aromatic nitrogens is 1. The van der Waals surface area contributed by atoms with E-state index in [9.17, 15) is 0 Å². The Labute approximate surface area is 118 Å². The van der Waals surface area contributed by atoms with Crippen molar-refractivity contribution >= 4 is 27.3 Å². The van der Waals surface area contributed by atoms with Crippen molar-refractivity contribution in [1.82, 2.24) is 4.98 Å². The summed E-state index contributed by atoms with van der Waals surface area (Å²) in [6.07, 6.45) is 0. The first-order chi connectivity index (χ1) is 8.69. The van der Waals surface area contributed by atoms with Gasteiger partial charge in [-0.2, -0.15) is 0 Å². The van der Waals surface area contributed by atoms with Crippen LogP contribution in [0.1, 0.15) is 5.69 Å². The lowest BCUT2D eigenvalue weighted by atomic mass is 10.2. The fraction of sp³-hybridized carbons (Fsp3) is 0.250. The molecule has 0 saturated carbocycles. The average molecular weight is 329 g/mol. The Hall–Kier alpha value is -1.11.